The fourth-order valence-corrected chi connectivity index (χ4v) is 3.44. The molecule has 1 atom stereocenters. The van der Waals surface area contributed by atoms with Gasteiger partial charge in [0.15, 0.2) is 0 Å². The van der Waals surface area contributed by atoms with E-state index < -0.39 is 0 Å². The van der Waals surface area contributed by atoms with Gasteiger partial charge in [0.1, 0.15) is 0 Å². The van der Waals surface area contributed by atoms with Crippen molar-refractivity contribution in [3.05, 3.63) is 83.6 Å². The fourth-order valence-electron chi connectivity index (χ4n) is 3.44. The molecule has 3 aromatic carbocycles. The second-order valence-electron chi connectivity index (χ2n) is 6.50. The molecule has 3 heteroatoms. The van der Waals surface area contributed by atoms with E-state index in [0.29, 0.717) is 5.56 Å². The molecule has 0 spiro atoms. The number of amides is 1. The van der Waals surface area contributed by atoms with Crippen molar-refractivity contribution in [1.82, 2.24) is 10.3 Å². The Morgan fingerprint density at radius 3 is 2.68 bits per heavy atom. The lowest BCUT2D eigenvalue weighted by Crippen LogP contribution is -2.27. The highest BCUT2D eigenvalue weighted by Crippen LogP contribution is 2.25. The Kier molecular flexibility index (Phi) is 3.77. The number of fused-ring (bicyclic) bond motifs is 2. The van der Waals surface area contributed by atoms with Crippen molar-refractivity contribution in [2.75, 3.05) is 0 Å². The standard InChI is InChI=1S/C22H20N2O/c1-14-12-17-10-11-23-21(17)13-20(14)22(25)24-15(2)18-9-5-7-16-6-3-4-8-19(16)18/h3-13,15,23H,1-2H3,(H,24,25)/t15-/m1/s1. The Morgan fingerprint density at radius 2 is 1.80 bits per heavy atom. The zero-order valence-electron chi connectivity index (χ0n) is 14.3. The summed E-state index contributed by atoms with van der Waals surface area (Å²) in [4.78, 5) is 16.0. The van der Waals surface area contributed by atoms with Crippen LogP contribution in [-0.4, -0.2) is 10.9 Å². The zero-order chi connectivity index (χ0) is 17.4. The third-order valence-electron chi connectivity index (χ3n) is 4.78. The molecule has 1 amide bonds. The summed E-state index contributed by atoms with van der Waals surface area (Å²) in [6.45, 7) is 4.01. The van der Waals surface area contributed by atoms with Gasteiger partial charge in [0, 0.05) is 17.3 Å². The quantitative estimate of drug-likeness (QED) is 0.538. The fraction of sp³-hybridized carbons (Fsp3) is 0.136. The van der Waals surface area contributed by atoms with Gasteiger partial charge in [0.2, 0.25) is 0 Å². The number of benzene rings is 3. The second-order valence-corrected chi connectivity index (χ2v) is 6.50. The van der Waals surface area contributed by atoms with Gasteiger partial charge in [-0.25, -0.2) is 0 Å². The van der Waals surface area contributed by atoms with Crippen molar-refractivity contribution in [2.24, 2.45) is 0 Å². The SMILES string of the molecule is Cc1cc2cc[nH]c2cc1C(=O)N[C@H](C)c1cccc2ccccc12. The van der Waals surface area contributed by atoms with Crippen LogP contribution in [0.25, 0.3) is 21.7 Å². The molecule has 124 valence electrons. The summed E-state index contributed by atoms with van der Waals surface area (Å²) in [7, 11) is 0. The molecule has 0 aliphatic heterocycles. The average molecular weight is 328 g/mol. The molecule has 0 saturated heterocycles. The number of carbonyl (C=O) groups is 1. The number of hydrogen-bond acceptors (Lipinski definition) is 1. The van der Waals surface area contributed by atoms with Crippen LogP contribution in [0.5, 0.6) is 0 Å². The predicted molar refractivity (Wildman–Crippen MR) is 103 cm³/mol. The number of carbonyl (C=O) groups excluding carboxylic acids is 1. The molecule has 0 fully saturated rings. The van der Waals surface area contributed by atoms with Crippen LogP contribution in [0.15, 0.2) is 66.9 Å². The predicted octanol–water partition coefficient (Wildman–Crippen LogP) is 5.12. The summed E-state index contributed by atoms with van der Waals surface area (Å²) < 4.78 is 0. The molecule has 0 saturated carbocycles. The first-order valence-electron chi connectivity index (χ1n) is 8.50. The van der Waals surface area contributed by atoms with Crippen molar-refractivity contribution in [1.29, 1.82) is 0 Å². The van der Waals surface area contributed by atoms with Gasteiger partial charge in [-0.2, -0.15) is 0 Å². The van der Waals surface area contributed by atoms with E-state index in [1.807, 2.05) is 56.4 Å². The number of aryl methyl sites for hydroxylation is 1. The number of nitrogens with one attached hydrogen (secondary N) is 2. The molecule has 2 N–H and O–H groups in total. The molecule has 4 rings (SSSR count). The third kappa shape index (κ3) is 2.78. The molecule has 1 aromatic heterocycles. The monoisotopic (exact) mass is 328 g/mol. The maximum atomic E-state index is 12.8. The summed E-state index contributed by atoms with van der Waals surface area (Å²) in [5, 5.41) is 6.63. The van der Waals surface area contributed by atoms with Crippen molar-refractivity contribution in [3.8, 4) is 0 Å². The Morgan fingerprint density at radius 1 is 1.00 bits per heavy atom. The molecule has 1 heterocycles. The smallest absolute Gasteiger partial charge is 0.252 e. The molecule has 0 unspecified atom stereocenters. The molecule has 0 aliphatic carbocycles. The Labute approximate surface area is 146 Å². The summed E-state index contributed by atoms with van der Waals surface area (Å²) in [6.07, 6.45) is 1.89. The Balaban J connectivity index is 1.66. The van der Waals surface area contributed by atoms with Crippen LogP contribution < -0.4 is 5.32 Å². The zero-order valence-corrected chi connectivity index (χ0v) is 14.3. The summed E-state index contributed by atoms with van der Waals surface area (Å²) in [6, 6.07) is 20.4. The minimum atomic E-state index is -0.0719. The van der Waals surface area contributed by atoms with E-state index in [-0.39, 0.29) is 11.9 Å². The first kappa shape index (κ1) is 15.5. The van der Waals surface area contributed by atoms with E-state index in [9.17, 15) is 4.79 Å². The van der Waals surface area contributed by atoms with E-state index in [1.54, 1.807) is 0 Å². The highest BCUT2D eigenvalue weighted by molar-refractivity contribution is 6.00. The maximum Gasteiger partial charge on any atom is 0.252 e. The van der Waals surface area contributed by atoms with Crippen LogP contribution in [0.1, 0.15) is 34.5 Å². The molecule has 0 aliphatic rings. The lowest BCUT2D eigenvalue weighted by atomic mass is 9.99. The first-order chi connectivity index (χ1) is 12.1. The van der Waals surface area contributed by atoms with Crippen molar-refractivity contribution in [3.63, 3.8) is 0 Å². The largest absolute Gasteiger partial charge is 0.361 e. The number of aromatic amines is 1. The van der Waals surface area contributed by atoms with Gasteiger partial charge in [-0.15, -0.1) is 0 Å². The molecule has 0 radical (unpaired) electrons. The van der Waals surface area contributed by atoms with Gasteiger partial charge in [-0.05, 0) is 59.3 Å². The van der Waals surface area contributed by atoms with Crippen LogP contribution in [0.2, 0.25) is 0 Å². The molecule has 0 bridgehead atoms. The van der Waals surface area contributed by atoms with Gasteiger partial charge >= 0.3 is 0 Å². The van der Waals surface area contributed by atoms with Crippen LogP contribution >= 0.6 is 0 Å². The van der Waals surface area contributed by atoms with E-state index in [1.165, 1.54) is 10.8 Å². The van der Waals surface area contributed by atoms with Crippen LogP contribution in [-0.2, 0) is 0 Å². The summed E-state index contributed by atoms with van der Waals surface area (Å²) in [5.41, 5.74) is 3.80. The number of rotatable bonds is 3. The average Bonchev–Trinajstić information content (AvgIpc) is 3.07. The summed E-state index contributed by atoms with van der Waals surface area (Å²) >= 11 is 0. The van der Waals surface area contributed by atoms with Crippen molar-refractivity contribution in [2.45, 2.75) is 19.9 Å². The Hall–Kier alpha value is -3.07. The van der Waals surface area contributed by atoms with Gasteiger partial charge in [0.25, 0.3) is 5.91 Å². The van der Waals surface area contributed by atoms with Gasteiger partial charge < -0.3 is 10.3 Å². The van der Waals surface area contributed by atoms with Gasteiger partial charge in [0.05, 0.1) is 6.04 Å². The molecule has 4 aromatic rings. The third-order valence-corrected chi connectivity index (χ3v) is 4.78. The van der Waals surface area contributed by atoms with E-state index in [0.717, 1.165) is 22.0 Å². The molecule has 3 nitrogen and oxygen atoms in total. The summed E-state index contributed by atoms with van der Waals surface area (Å²) in [5.74, 6) is -0.0468. The van der Waals surface area contributed by atoms with Crippen LogP contribution in [0.3, 0.4) is 0 Å². The lowest BCUT2D eigenvalue weighted by molar-refractivity contribution is 0.0939. The van der Waals surface area contributed by atoms with Gasteiger partial charge in [-0.1, -0.05) is 42.5 Å². The van der Waals surface area contributed by atoms with Crippen molar-refractivity contribution < 1.29 is 4.79 Å². The highest BCUT2D eigenvalue weighted by Gasteiger charge is 2.16. The topological polar surface area (TPSA) is 44.9 Å². The molecular formula is C22H20N2O. The Bertz CT molecular complexity index is 1070. The minimum Gasteiger partial charge on any atom is -0.361 e. The number of hydrogen-bond donors (Lipinski definition) is 2. The minimum absolute atomic E-state index is 0.0468. The lowest BCUT2D eigenvalue weighted by Gasteiger charge is -2.17. The highest BCUT2D eigenvalue weighted by atomic mass is 16.1. The molecule has 25 heavy (non-hydrogen) atoms. The van der Waals surface area contributed by atoms with Crippen LogP contribution in [0, 0.1) is 6.92 Å². The van der Waals surface area contributed by atoms with Crippen molar-refractivity contribution >= 4 is 27.6 Å². The van der Waals surface area contributed by atoms with E-state index in [4.69, 9.17) is 0 Å². The number of aromatic nitrogens is 1. The first-order valence-corrected chi connectivity index (χ1v) is 8.50. The van der Waals surface area contributed by atoms with Crippen LogP contribution in [0.4, 0.5) is 0 Å². The maximum absolute atomic E-state index is 12.8. The molecular weight excluding hydrogens is 308 g/mol. The number of H-pyrrole nitrogens is 1. The normalized spacial score (nSPS) is 12.4. The van der Waals surface area contributed by atoms with Gasteiger partial charge in [-0.3, -0.25) is 4.79 Å². The van der Waals surface area contributed by atoms with E-state index >= 15 is 0 Å². The second kappa shape index (κ2) is 6.10. The van der Waals surface area contributed by atoms with E-state index in [2.05, 4.69) is 34.6 Å².